The number of nitrogen functional groups attached to an aromatic ring is 1. The van der Waals surface area contributed by atoms with E-state index in [0.717, 1.165) is 5.56 Å². The van der Waals surface area contributed by atoms with Crippen LogP contribution in [0.3, 0.4) is 0 Å². The second-order valence-electron chi connectivity index (χ2n) is 5.71. The van der Waals surface area contributed by atoms with Crippen LogP contribution >= 0.6 is 0 Å². The monoisotopic (exact) mass is 361 g/mol. The average molecular weight is 361 g/mol. The predicted octanol–water partition coefficient (Wildman–Crippen LogP) is 1.20. The fourth-order valence-electron chi connectivity index (χ4n) is 2.59. The van der Waals surface area contributed by atoms with Gasteiger partial charge in [0.15, 0.2) is 0 Å². The van der Waals surface area contributed by atoms with Gasteiger partial charge in [-0.25, -0.2) is 19.0 Å². The van der Waals surface area contributed by atoms with Gasteiger partial charge in [-0.1, -0.05) is 30.3 Å². The summed E-state index contributed by atoms with van der Waals surface area (Å²) in [5.41, 5.74) is 7.40. The summed E-state index contributed by atoms with van der Waals surface area (Å²) in [6.07, 6.45) is 0.103. The summed E-state index contributed by atoms with van der Waals surface area (Å²) in [4.78, 5) is 22.2. The molecule has 1 aromatic heterocycles. The zero-order valence-electron chi connectivity index (χ0n) is 13.8. The Balaban J connectivity index is 1.99. The van der Waals surface area contributed by atoms with Crippen molar-refractivity contribution in [3.63, 3.8) is 0 Å². The molecule has 1 amide bonds. The van der Waals surface area contributed by atoms with Gasteiger partial charge in [0.2, 0.25) is 11.1 Å². The van der Waals surface area contributed by atoms with Crippen LogP contribution in [-0.4, -0.2) is 39.6 Å². The van der Waals surface area contributed by atoms with Crippen molar-refractivity contribution in [1.82, 2.24) is 9.97 Å². The van der Waals surface area contributed by atoms with Gasteiger partial charge in [0.05, 0.1) is 25.3 Å². The molecule has 25 heavy (non-hydrogen) atoms. The molecule has 0 bridgehead atoms. The van der Waals surface area contributed by atoms with Crippen molar-refractivity contribution in [2.24, 2.45) is 0 Å². The molecule has 132 valence electrons. The van der Waals surface area contributed by atoms with Crippen molar-refractivity contribution in [3.05, 3.63) is 41.5 Å². The van der Waals surface area contributed by atoms with E-state index in [-0.39, 0.29) is 35.7 Å². The van der Waals surface area contributed by atoms with Gasteiger partial charge >= 0.3 is 0 Å². The molecule has 2 heterocycles. The van der Waals surface area contributed by atoms with Gasteiger partial charge in [-0.2, -0.15) is 0 Å². The molecule has 0 saturated heterocycles. The molecular formula is C16H19N5O3S. The van der Waals surface area contributed by atoms with Gasteiger partial charge in [-0.3, -0.25) is 9.69 Å². The van der Waals surface area contributed by atoms with Gasteiger partial charge in [-0.05, 0) is 5.56 Å². The Morgan fingerprint density at radius 1 is 1.32 bits per heavy atom. The predicted molar refractivity (Wildman–Crippen MR) is 93.7 cm³/mol. The number of anilines is 2. The molecule has 3 N–H and O–H groups in total. The van der Waals surface area contributed by atoms with Gasteiger partial charge < -0.3 is 10.5 Å². The van der Waals surface area contributed by atoms with Crippen molar-refractivity contribution in [2.75, 3.05) is 30.1 Å². The minimum Gasteiger partial charge on any atom is -0.384 e. The number of benzene rings is 1. The average Bonchev–Trinajstić information content (AvgIpc) is 2.91. The first kappa shape index (κ1) is 17.3. The lowest BCUT2D eigenvalue weighted by Gasteiger charge is -2.17. The molecule has 0 radical (unpaired) electrons. The summed E-state index contributed by atoms with van der Waals surface area (Å²) < 4.78 is 25.5. The Labute approximate surface area is 146 Å². The van der Waals surface area contributed by atoms with Crippen LogP contribution in [0.2, 0.25) is 0 Å². The maximum atomic E-state index is 12.5. The Hall–Kier alpha value is -2.52. The van der Waals surface area contributed by atoms with E-state index < -0.39 is 9.73 Å². The molecule has 0 saturated carbocycles. The van der Waals surface area contributed by atoms with E-state index in [9.17, 15) is 9.00 Å². The highest BCUT2D eigenvalue weighted by atomic mass is 32.2. The van der Waals surface area contributed by atoms with Gasteiger partial charge in [0.25, 0.3) is 0 Å². The number of nitrogens with two attached hydrogens (primary N) is 1. The lowest BCUT2D eigenvalue weighted by molar-refractivity contribution is -0.117. The van der Waals surface area contributed by atoms with E-state index in [1.807, 2.05) is 30.3 Å². The minimum absolute atomic E-state index is 0.0334. The number of nitrogens with zero attached hydrogens (tertiary/aromatic N) is 3. The number of ether oxygens (including phenoxy) is 1. The van der Waals surface area contributed by atoms with Gasteiger partial charge in [0.1, 0.15) is 21.4 Å². The Bertz CT molecular complexity index is 899. The van der Waals surface area contributed by atoms with Crippen molar-refractivity contribution in [3.8, 4) is 0 Å². The summed E-state index contributed by atoms with van der Waals surface area (Å²) in [6, 6.07) is 9.48. The molecule has 1 unspecified atom stereocenters. The van der Waals surface area contributed by atoms with Crippen LogP contribution in [0.1, 0.15) is 11.1 Å². The Kier molecular flexibility index (Phi) is 4.69. The second kappa shape index (κ2) is 6.77. The van der Waals surface area contributed by atoms with E-state index in [2.05, 4.69) is 9.97 Å². The highest BCUT2D eigenvalue weighted by Crippen LogP contribution is 2.32. The van der Waals surface area contributed by atoms with E-state index in [1.54, 1.807) is 0 Å². The lowest BCUT2D eigenvalue weighted by atomic mass is 10.2. The standard InChI is InChI=1S/C16H19N5O3S/c1-24-7-8-25(18,23)16-19-14(17)12-9-13(22)21(15(12)20-16)10-11-5-3-2-4-6-11/h2-6,18H,7-10H2,1H3,(H2,17,19,20). The van der Waals surface area contributed by atoms with E-state index in [1.165, 1.54) is 12.0 Å². The minimum atomic E-state index is -3.25. The number of aromatic nitrogens is 2. The number of hydrogen-bond acceptors (Lipinski definition) is 7. The number of methoxy groups -OCH3 is 1. The normalized spacial score (nSPS) is 15.9. The summed E-state index contributed by atoms with van der Waals surface area (Å²) in [5, 5.41) is -0.159. The van der Waals surface area contributed by atoms with Crippen LogP contribution in [-0.2, 0) is 32.2 Å². The summed E-state index contributed by atoms with van der Waals surface area (Å²) in [5.74, 6) is 0.259. The van der Waals surface area contributed by atoms with Crippen LogP contribution in [0.4, 0.5) is 11.6 Å². The van der Waals surface area contributed by atoms with E-state index >= 15 is 0 Å². The third kappa shape index (κ3) is 3.47. The highest BCUT2D eigenvalue weighted by Gasteiger charge is 2.33. The number of amides is 1. The van der Waals surface area contributed by atoms with Crippen molar-refractivity contribution in [2.45, 2.75) is 18.1 Å². The first-order valence-corrected chi connectivity index (χ1v) is 9.41. The molecular weight excluding hydrogens is 342 g/mol. The van der Waals surface area contributed by atoms with Gasteiger partial charge in [0, 0.05) is 12.7 Å². The molecule has 2 aromatic rings. The molecule has 8 nitrogen and oxygen atoms in total. The first-order valence-electron chi connectivity index (χ1n) is 7.68. The number of nitrogens with one attached hydrogen (secondary N) is 1. The van der Waals surface area contributed by atoms with Crippen LogP contribution in [0, 0.1) is 4.78 Å². The second-order valence-corrected chi connectivity index (χ2v) is 7.83. The molecule has 0 fully saturated rings. The summed E-state index contributed by atoms with van der Waals surface area (Å²) >= 11 is 0. The topological polar surface area (TPSA) is 122 Å². The van der Waals surface area contributed by atoms with E-state index in [4.69, 9.17) is 15.3 Å². The summed E-state index contributed by atoms with van der Waals surface area (Å²) in [6.45, 7) is 0.481. The number of rotatable bonds is 6. The smallest absolute Gasteiger partial charge is 0.233 e. The lowest BCUT2D eigenvalue weighted by Crippen LogP contribution is -2.27. The number of carbonyl (C=O) groups excluding carboxylic acids is 1. The molecule has 9 heteroatoms. The fourth-order valence-corrected chi connectivity index (χ4v) is 3.66. The fraction of sp³-hybridized carbons (Fsp3) is 0.312. The molecule has 3 rings (SSSR count). The van der Waals surface area contributed by atoms with Crippen LogP contribution < -0.4 is 10.6 Å². The van der Waals surface area contributed by atoms with Crippen LogP contribution in [0.25, 0.3) is 0 Å². The van der Waals surface area contributed by atoms with Crippen molar-refractivity contribution >= 4 is 27.3 Å². The summed E-state index contributed by atoms with van der Waals surface area (Å²) in [7, 11) is -1.78. The quantitative estimate of drug-likeness (QED) is 0.746. The van der Waals surface area contributed by atoms with Gasteiger partial charge in [-0.15, -0.1) is 0 Å². The SMILES string of the molecule is COCCS(=N)(=O)c1nc(N)c2c(n1)N(Cc1ccccc1)C(=O)C2. The number of carbonyl (C=O) groups is 1. The zero-order chi connectivity index (χ0) is 18.0. The maximum Gasteiger partial charge on any atom is 0.233 e. The molecule has 0 spiro atoms. The first-order chi connectivity index (χ1) is 11.9. The third-order valence-corrected chi connectivity index (χ3v) is 5.45. The molecule has 0 aliphatic carbocycles. The molecule has 1 atom stereocenters. The largest absolute Gasteiger partial charge is 0.384 e. The Morgan fingerprint density at radius 2 is 2.04 bits per heavy atom. The van der Waals surface area contributed by atoms with E-state index in [0.29, 0.717) is 17.9 Å². The van der Waals surface area contributed by atoms with Crippen molar-refractivity contribution in [1.29, 1.82) is 4.78 Å². The Morgan fingerprint density at radius 3 is 2.72 bits per heavy atom. The maximum absolute atomic E-state index is 12.5. The third-order valence-electron chi connectivity index (χ3n) is 3.93. The molecule has 1 aromatic carbocycles. The number of fused-ring (bicyclic) bond motifs is 1. The highest BCUT2D eigenvalue weighted by molar-refractivity contribution is 7.92. The van der Waals surface area contributed by atoms with Crippen LogP contribution in [0.5, 0.6) is 0 Å². The molecule has 1 aliphatic heterocycles. The molecule has 1 aliphatic rings. The number of hydrogen-bond donors (Lipinski definition) is 2. The van der Waals surface area contributed by atoms with Crippen molar-refractivity contribution < 1.29 is 13.7 Å². The zero-order valence-corrected chi connectivity index (χ0v) is 14.6. The van der Waals surface area contributed by atoms with Crippen LogP contribution in [0.15, 0.2) is 35.5 Å².